The summed E-state index contributed by atoms with van der Waals surface area (Å²) in [7, 11) is -2.11. The Hall–Kier alpha value is -0.820. The zero-order valence-corrected chi connectivity index (χ0v) is 14.0. The predicted molar refractivity (Wildman–Crippen MR) is 83.5 cm³/mol. The molecule has 0 aliphatic carbocycles. The lowest BCUT2D eigenvalue weighted by Crippen LogP contribution is -2.48. The van der Waals surface area contributed by atoms with Crippen LogP contribution in [0.15, 0.2) is 23.1 Å². The van der Waals surface area contributed by atoms with Crippen molar-refractivity contribution >= 4 is 21.6 Å². The van der Waals surface area contributed by atoms with Crippen molar-refractivity contribution < 1.29 is 13.2 Å². The number of halogens is 1. The van der Waals surface area contributed by atoms with Crippen molar-refractivity contribution in [3.05, 3.63) is 23.2 Å². The molecule has 1 saturated heterocycles. The second kappa shape index (κ2) is 6.96. The lowest BCUT2D eigenvalue weighted by atomic mass is 10.3. The van der Waals surface area contributed by atoms with Crippen molar-refractivity contribution in [2.45, 2.75) is 18.2 Å². The monoisotopic (exact) mass is 332 g/mol. The third kappa shape index (κ3) is 3.69. The van der Waals surface area contributed by atoms with Crippen molar-refractivity contribution in [3.63, 3.8) is 0 Å². The summed E-state index contributed by atoms with van der Waals surface area (Å²) in [5.41, 5.74) is 0. The molecule has 0 N–H and O–H groups in total. The Labute approximate surface area is 131 Å². The first-order valence-corrected chi connectivity index (χ1v) is 8.87. The van der Waals surface area contributed by atoms with Crippen LogP contribution in [0.4, 0.5) is 0 Å². The highest BCUT2D eigenvalue weighted by Crippen LogP contribution is 2.30. The second-order valence-electron chi connectivity index (χ2n) is 5.04. The Morgan fingerprint density at radius 1 is 1.24 bits per heavy atom. The standard InChI is InChI=1S/C14H21ClN2O3S/c1-3-6-16-7-9-17(10-8-16)21(18,19)14-11-12(15)4-5-13(14)20-2/h4-5,11H,3,6-10H2,1-2H3. The zero-order chi connectivity index (χ0) is 15.5. The van der Waals surface area contributed by atoms with Crippen LogP contribution in [-0.4, -0.2) is 57.5 Å². The van der Waals surface area contributed by atoms with Gasteiger partial charge in [-0.15, -0.1) is 0 Å². The topological polar surface area (TPSA) is 49.9 Å². The van der Waals surface area contributed by atoms with E-state index in [4.69, 9.17) is 16.3 Å². The molecule has 0 amide bonds. The highest BCUT2D eigenvalue weighted by molar-refractivity contribution is 7.89. The smallest absolute Gasteiger partial charge is 0.246 e. The Bertz CT molecular complexity index is 584. The number of ether oxygens (including phenoxy) is 1. The minimum atomic E-state index is -3.57. The Morgan fingerprint density at radius 3 is 2.48 bits per heavy atom. The zero-order valence-electron chi connectivity index (χ0n) is 12.4. The third-order valence-electron chi connectivity index (χ3n) is 3.61. The second-order valence-corrected chi connectivity index (χ2v) is 7.38. The number of rotatable bonds is 5. The van der Waals surface area contributed by atoms with E-state index in [9.17, 15) is 8.42 Å². The van der Waals surface area contributed by atoms with Gasteiger partial charge in [0.15, 0.2) is 0 Å². The van der Waals surface area contributed by atoms with Gasteiger partial charge in [0.2, 0.25) is 10.0 Å². The van der Waals surface area contributed by atoms with E-state index >= 15 is 0 Å². The van der Waals surface area contributed by atoms with Crippen molar-refractivity contribution in [1.82, 2.24) is 9.21 Å². The summed E-state index contributed by atoms with van der Waals surface area (Å²) >= 11 is 5.94. The van der Waals surface area contributed by atoms with Gasteiger partial charge in [0, 0.05) is 31.2 Å². The molecular formula is C14H21ClN2O3S. The summed E-state index contributed by atoms with van der Waals surface area (Å²) < 4.78 is 32.2. The first kappa shape index (κ1) is 16.5. The molecule has 1 aromatic rings. The van der Waals surface area contributed by atoms with Gasteiger partial charge in [0.05, 0.1) is 7.11 Å². The van der Waals surface area contributed by atoms with Crippen LogP contribution in [0.2, 0.25) is 5.02 Å². The lowest BCUT2D eigenvalue weighted by Gasteiger charge is -2.33. The maximum Gasteiger partial charge on any atom is 0.246 e. The van der Waals surface area contributed by atoms with Gasteiger partial charge in [0.25, 0.3) is 0 Å². The minimum Gasteiger partial charge on any atom is -0.495 e. The Balaban J connectivity index is 2.21. The quantitative estimate of drug-likeness (QED) is 0.828. The van der Waals surface area contributed by atoms with Gasteiger partial charge in [-0.05, 0) is 31.2 Å². The number of benzene rings is 1. The summed E-state index contributed by atoms with van der Waals surface area (Å²) in [5.74, 6) is 0.329. The summed E-state index contributed by atoms with van der Waals surface area (Å²) in [6.07, 6.45) is 1.08. The molecule has 0 atom stereocenters. The highest BCUT2D eigenvalue weighted by atomic mass is 35.5. The van der Waals surface area contributed by atoms with E-state index < -0.39 is 10.0 Å². The van der Waals surface area contributed by atoms with Crippen LogP contribution in [0.25, 0.3) is 0 Å². The van der Waals surface area contributed by atoms with Crippen LogP contribution >= 0.6 is 11.6 Å². The molecule has 1 heterocycles. The summed E-state index contributed by atoms with van der Waals surface area (Å²) in [6, 6.07) is 4.66. The normalized spacial score (nSPS) is 17.9. The van der Waals surface area contributed by atoms with Gasteiger partial charge >= 0.3 is 0 Å². The van der Waals surface area contributed by atoms with Crippen LogP contribution in [0.3, 0.4) is 0 Å². The molecule has 0 aromatic heterocycles. The molecule has 5 nitrogen and oxygen atoms in total. The number of sulfonamides is 1. The molecule has 0 radical (unpaired) electrons. The molecule has 1 aliphatic rings. The lowest BCUT2D eigenvalue weighted by molar-refractivity contribution is 0.188. The average Bonchev–Trinajstić information content (AvgIpc) is 2.48. The number of hydrogen-bond acceptors (Lipinski definition) is 4. The van der Waals surface area contributed by atoms with Crippen molar-refractivity contribution in [2.24, 2.45) is 0 Å². The molecule has 1 aliphatic heterocycles. The van der Waals surface area contributed by atoms with Crippen LogP contribution < -0.4 is 4.74 Å². The number of hydrogen-bond donors (Lipinski definition) is 0. The molecule has 21 heavy (non-hydrogen) atoms. The SMILES string of the molecule is CCCN1CCN(S(=O)(=O)c2cc(Cl)ccc2OC)CC1. The van der Waals surface area contributed by atoms with E-state index in [1.165, 1.54) is 17.5 Å². The van der Waals surface area contributed by atoms with E-state index in [-0.39, 0.29) is 4.90 Å². The Kier molecular flexibility index (Phi) is 5.48. The fraction of sp³-hybridized carbons (Fsp3) is 0.571. The van der Waals surface area contributed by atoms with E-state index in [2.05, 4.69) is 11.8 Å². The van der Waals surface area contributed by atoms with Crippen molar-refractivity contribution in [1.29, 1.82) is 0 Å². The van der Waals surface area contributed by atoms with Crippen LogP contribution in [0.1, 0.15) is 13.3 Å². The van der Waals surface area contributed by atoms with Gasteiger partial charge in [-0.2, -0.15) is 4.31 Å². The molecule has 1 aromatic carbocycles. The molecule has 0 spiro atoms. The molecule has 1 fully saturated rings. The first-order valence-electron chi connectivity index (χ1n) is 7.05. The molecule has 118 valence electrons. The highest BCUT2D eigenvalue weighted by Gasteiger charge is 2.30. The fourth-order valence-electron chi connectivity index (χ4n) is 2.50. The maximum atomic E-state index is 12.8. The molecule has 0 unspecified atom stereocenters. The average molecular weight is 333 g/mol. The molecule has 0 saturated carbocycles. The van der Waals surface area contributed by atoms with Gasteiger partial charge in [-0.3, -0.25) is 0 Å². The Morgan fingerprint density at radius 2 is 1.90 bits per heavy atom. The van der Waals surface area contributed by atoms with E-state index in [1.807, 2.05) is 0 Å². The largest absolute Gasteiger partial charge is 0.495 e. The fourth-order valence-corrected chi connectivity index (χ4v) is 4.34. The summed E-state index contributed by atoms with van der Waals surface area (Å²) in [4.78, 5) is 2.42. The van der Waals surface area contributed by atoms with Crippen molar-refractivity contribution in [3.8, 4) is 5.75 Å². The van der Waals surface area contributed by atoms with Crippen LogP contribution in [-0.2, 0) is 10.0 Å². The number of nitrogens with zero attached hydrogens (tertiary/aromatic N) is 2. The van der Waals surface area contributed by atoms with E-state index in [0.717, 1.165) is 26.1 Å². The number of piperazine rings is 1. The van der Waals surface area contributed by atoms with Crippen LogP contribution in [0, 0.1) is 0 Å². The molecular weight excluding hydrogens is 312 g/mol. The predicted octanol–water partition coefficient (Wildman–Crippen LogP) is 2.06. The summed E-state index contributed by atoms with van der Waals surface area (Å²) in [5, 5.41) is 0.388. The van der Waals surface area contributed by atoms with Crippen molar-refractivity contribution in [2.75, 3.05) is 39.8 Å². The molecule has 7 heteroatoms. The third-order valence-corrected chi connectivity index (χ3v) is 5.77. The molecule has 2 rings (SSSR count). The van der Waals surface area contributed by atoms with E-state index in [0.29, 0.717) is 23.9 Å². The van der Waals surface area contributed by atoms with E-state index in [1.54, 1.807) is 12.1 Å². The van der Waals surface area contributed by atoms with Gasteiger partial charge < -0.3 is 9.64 Å². The molecule has 0 bridgehead atoms. The minimum absolute atomic E-state index is 0.140. The number of methoxy groups -OCH3 is 1. The maximum absolute atomic E-state index is 12.8. The first-order chi connectivity index (χ1) is 9.98. The van der Waals surface area contributed by atoms with Gasteiger partial charge in [0.1, 0.15) is 10.6 Å². The van der Waals surface area contributed by atoms with Gasteiger partial charge in [-0.25, -0.2) is 8.42 Å². The van der Waals surface area contributed by atoms with Gasteiger partial charge in [-0.1, -0.05) is 18.5 Å². The summed E-state index contributed by atoms with van der Waals surface area (Å²) in [6.45, 7) is 5.65. The van der Waals surface area contributed by atoms with Crippen LogP contribution in [0.5, 0.6) is 5.75 Å².